The zero-order chi connectivity index (χ0) is 14.0. The lowest BCUT2D eigenvalue weighted by Gasteiger charge is -2.39. The first kappa shape index (κ1) is 17.0. The molecule has 1 aliphatic rings. The fourth-order valence-electron chi connectivity index (χ4n) is 3.56. The van der Waals surface area contributed by atoms with Crippen LogP contribution in [0.3, 0.4) is 0 Å². The summed E-state index contributed by atoms with van der Waals surface area (Å²) in [7, 11) is 0. The van der Waals surface area contributed by atoms with E-state index in [2.05, 4.69) is 25.7 Å². The van der Waals surface area contributed by atoms with Crippen LogP contribution in [0.25, 0.3) is 0 Å². The maximum absolute atomic E-state index is 2.81. The lowest BCUT2D eigenvalue weighted by Crippen LogP contribution is -2.44. The summed E-state index contributed by atoms with van der Waals surface area (Å²) in [6.45, 7) is 9.89. The van der Waals surface area contributed by atoms with Gasteiger partial charge in [-0.2, -0.15) is 0 Å². The summed E-state index contributed by atoms with van der Waals surface area (Å²) in [6.07, 6.45) is 17.0. The molecule has 0 bridgehead atoms. The van der Waals surface area contributed by atoms with Crippen LogP contribution in [0.1, 0.15) is 97.8 Å². The van der Waals surface area contributed by atoms with Crippen molar-refractivity contribution in [1.29, 1.82) is 0 Å². The quantitative estimate of drug-likeness (QED) is 0.429. The number of hydrogen-bond acceptors (Lipinski definition) is 1. The largest absolute Gasteiger partial charge is 0.298 e. The highest BCUT2D eigenvalue weighted by Crippen LogP contribution is 2.31. The second-order valence-electron chi connectivity index (χ2n) is 6.81. The molecule has 0 aliphatic carbocycles. The minimum Gasteiger partial charge on any atom is -0.298 e. The van der Waals surface area contributed by atoms with Crippen LogP contribution in [0.4, 0.5) is 0 Å². The Labute approximate surface area is 122 Å². The zero-order valence-corrected chi connectivity index (χ0v) is 13.8. The molecule has 0 spiro atoms. The van der Waals surface area contributed by atoms with E-state index in [1.165, 1.54) is 90.1 Å². The molecule has 0 radical (unpaired) electrons. The molecule has 0 aromatic heterocycles. The highest BCUT2D eigenvalue weighted by Gasteiger charge is 2.32. The fraction of sp³-hybridized carbons (Fsp3) is 1.00. The van der Waals surface area contributed by atoms with Gasteiger partial charge in [0.1, 0.15) is 0 Å². The lowest BCUT2D eigenvalue weighted by atomic mass is 9.86. The first-order valence-corrected chi connectivity index (χ1v) is 8.98. The minimum absolute atomic E-state index is 0.512. The molecule has 1 rings (SSSR count). The van der Waals surface area contributed by atoms with Crippen molar-refractivity contribution in [2.75, 3.05) is 13.1 Å². The molecule has 1 atom stereocenters. The number of hydrogen-bond donors (Lipinski definition) is 0. The van der Waals surface area contributed by atoms with Gasteiger partial charge in [-0.1, -0.05) is 65.2 Å². The monoisotopic (exact) mass is 267 g/mol. The predicted molar refractivity (Wildman–Crippen MR) is 86.7 cm³/mol. The summed E-state index contributed by atoms with van der Waals surface area (Å²) in [4.78, 5) is 2.81. The van der Waals surface area contributed by atoms with Crippen LogP contribution < -0.4 is 0 Å². The van der Waals surface area contributed by atoms with Gasteiger partial charge >= 0.3 is 0 Å². The molecule has 0 N–H and O–H groups in total. The Morgan fingerprint density at radius 3 is 1.79 bits per heavy atom. The third-order valence-corrected chi connectivity index (χ3v) is 5.01. The Balaban J connectivity index is 2.34. The molecule has 0 aromatic rings. The van der Waals surface area contributed by atoms with Crippen molar-refractivity contribution in [3.63, 3.8) is 0 Å². The third-order valence-electron chi connectivity index (χ3n) is 5.01. The first-order valence-electron chi connectivity index (χ1n) is 8.98. The van der Waals surface area contributed by atoms with Gasteiger partial charge < -0.3 is 0 Å². The van der Waals surface area contributed by atoms with Gasteiger partial charge in [0.15, 0.2) is 0 Å². The van der Waals surface area contributed by atoms with E-state index >= 15 is 0 Å². The number of unbranched alkanes of at least 4 members (excludes halogenated alkanes) is 6. The Bertz CT molecular complexity index is 208. The minimum atomic E-state index is 0.512. The summed E-state index contributed by atoms with van der Waals surface area (Å²) in [5.41, 5.74) is 0.512. The van der Waals surface area contributed by atoms with E-state index in [-0.39, 0.29) is 0 Å². The van der Waals surface area contributed by atoms with Gasteiger partial charge in [-0.25, -0.2) is 0 Å². The lowest BCUT2D eigenvalue weighted by molar-refractivity contribution is 0.107. The SMILES string of the molecule is CCCCCCCC(C)(CCCCC)N1CCCC1. The molecule has 1 heterocycles. The van der Waals surface area contributed by atoms with E-state index in [1.54, 1.807) is 0 Å². The van der Waals surface area contributed by atoms with Gasteiger partial charge in [0, 0.05) is 5.54 Å². The molecule has 0 aromatic carbocycles. The van der Waals surface area contributed by atoms with Crippen LogP contribution in [-0.2, 0) is 0 Å². The van der Waals surface area contributed by atoms with Crippen LogP contribution in [0.2, 0.25) is 0 Å². The molecule has 1 aliphatic heterocycles. The topological polar surface area (TPSA) is 3.24 Å². The van der Waals surface area contributed by atoms with Crippen molar-refractivity contribution in [1.82, 2.24) is 4.90 Å². The smallest absolute Gasteiger partial charge is 0.0181 e. The first-order chi connectivity index (χ1) is 9.23. The standard InChI is InChI=1S/C18H37N/c1-4-6-8-9-11-15-18(3,14-10-7-5-2)19-16-12-13-17-19/h4-17H2,1-3H3. The average Bonchev–Trinajstić information content (AvgIpc) is 2.93. The highest BCUT2D eigenvalue weighted by molar-refractivity contribution is 4.88. The summed E-state index contributed by atoms with van der Waals surface area (Å²) in [5, 5.41) is 0. The molecule has 0 amide bonds. The van der Waals surface area contributed by atoms with Crippen molar-refractivity contribution < 1.29 is 0 Å². The van der Waals surface area contributed by atoms with Crippen molar-refractivity contribution in [3.8, 4) is 0 Å². The molecule has 1 fully saturated rings. The molecular weight excluding hydrogens is 230 g/mol. The van der Waals surface area contributed by atoms with Gasteiger partial charge in [0.2, 0.25) is 0 Å². The van der Waals surface area contributed by atoms with E-state index in [0.717, 1.165) is 0 Å². The Morgan fingerprint density at radius 1 is 0.737 bits per heavy atom. The van der Waals surface area contributed by atoms with Crippen molar-refractivity contribution >= 4 is 0 Å². The van der Waals surface area contributed by atoms with Crippen molar-refractivity contribution in [2.24, 2.45) is 0 Å². The highest BCUT2D eigenvalue weighted by atomic mass is 15.2. The number of rotatable bonds is 11. The van der Waals surface area contributed by atoms with E-state index in [1.807, 2.05) is 0 Å². The molecule has 1 heteroatoms. The van der Waals surface area contributed by atoms with Gasteiger partial charge in [-0.05, 0) is 45.7 Å². The predicted octanol–water partition coefficient (Wildman–Crippen LogP) is 5.78. The summed E-state index contributed by atoms with van der Waals surface area (Å²) in [5.74, 6) is 0. The number of nitrogens with zero attached hydrogens (tertiary/aromatic N) is 1. The molecule has 1 unspecified atom stereocenters. The maximum atomic E-state index is 2.81. The number of likely N-dealkylation sites (tertiary alicyclic amines) is 1. The van der Waals surface area contributed by atoms with Crippen LogP contribution in [0.15, 0.2) is 0 Å². The Hall–Kier alpha value is -0.0400. The van der Waals surface area contributed by atoms with Crippen LogP contribution in [-0.4, -0.2) is 23.5 Å². The van der Waals surface area contributed by atoms with Crippen molar-refractivity contribution in [2.45, 2.75) is 103 Å². The molecule has 1 saturated heterocycles. The molecule has 114 valence electrons. The second-order valence-corrected chi connectivity index (χ2v) is 6.81. The fourth-order valence-corrected chi connectivity index (χ4v) is 3.56. The molecule has 1 nitrogen and oxygen atoms in total. The van der Waals surface area contributed by atoms with Gasteiger partial charge in [-0.15, -0.1) is 0 Å². The van der Waals surface area contributed by atoms with Crippen LogP contribution in [0.5, 0.6) is 0 Å². The van der Waals surface area contributed by atoms with E-state index in [0.29, 0.717) is 5.54 Å². The van der Waals surface area contributed by atoms with E-state index in [9.17, 15) is 0 Å². The van der Waals surface area contributed by atoms with Gasteiger partial charge in [0.05, 0.1) is 0 Å². The Kier molecular flexibility index (Phi) is 8.77. The molecule has 0 saturated carbocycles. The summed E-state index contributed by atoms with van der Waals surface area (Å²) in [6, 6.07) is 0. The summed E-state index contributed by atoms with van der Waals surface area (Å²) >= 11 is 0. The van der Waals surface area contributed by atoms with E-state index < -0.39 is 0 Å². The van der Waals surface area contributed by atoms with Gasteiger partial charge in [-0.3, -0.25) is 4.90 Å². The normalized spacial score (nSPS) is 19.7. The van der Waals surface area contributed by atoms with E-state index in [4.69, 9.17) is 0 Å². The molecule has 19 heavy (non-hydrogen) atoms. The van der Waals surface area contributed by atoms with Gasteiger partial charge in [0.25, 0.3) is 0 Å². The average molecular weight is 268 g/mol. The Morgan fingerprint density at radius 2 is 1.21 bits per heavy atom. The maximum Gasteiger partial charge on any atom is 0.0181 e. The molecular formula is C18H37N. The van der Waals surface area contributed by atoms with Crippen molar-refractivity contribution in [3.05, 3.63) is 0 Å². The van der Waals surface area contributed by atoms with Crippen LogP contribution >= 0.6 is 0 Å². The zero-order valence-electron chi connectivity index (χ0n) is 13.8. The third kappa shape index (κ3) is 6.29. The summed E-state index contributed by atoms with van der Waals surface area (Å²) < 4.78 is 0. The van der Waals surface area contributed by atoms with Crippen LogP contribution in [0, 0.1) is 0 Å². The second kappa shape index (κ2) is 9.80.